The summed E-state index contributed by atoms with van der Waals surface area (Å²) < 4.78 is 0. The summed E-state index contributed by atoms with van der Waals surface area (Å²) in [5.74, 6) is 0.741. The highest BCUT2D eigenvalue weighted by Crippen LogP contribution is 2.19. The maximum Gasteiger partial charge on any atom is 0.182 e. The van der Waals surface area contributed by atoms with E-state index in [9.17, 15) is 0 Å². The van der Waals surface area contributed by atoms with E-state index in [2.05, 4.69) is 48.4 Å². The summed E-state index contributed by atoms with van der Waals surface area (Å²) in [5, 5.41) is 4.45. The zero-order chi connectivity index (χ0) is 14.1. The first-order valence-electron chi connectivity index (χ1n) is 6.62. The Kier molecular flexibility index (Phi) is 2.71. The van der Waals surface area contributed by atoms with Crippen molar-refractivity contribution in [2.45, 2.75) is 6.54 Å². The van der Waals surface area contributed by atoms with E-state index in [-0.39, 0.29) is 0 Å². The van der Waals surface area contributed by atoms with E-state index in [0.29, 0.717) is 12.2 Å². The van der Waals surface area contributed by atoms with Crippen molar-refractivity contribution in [3.8, 4) is 0 Å². The van der Waals surface area contributed by atoms with Gasteiger partial charge in [0.2, 0.25) is 0 Å². The van der Waals surface area contributed by atoms with Crippen LogP contribution in [-0.2, 0) is 6.54 Å². The van der Waals surface area contributed by atoms with Crippen molar-refractivity contribution in [3.05, 3.63) is 54.7 Å². The molecule has 2 N–H and O–H groups in total. The molecule has 6 nitrogen and oxygen atoms in total. The van der Waals surface area contributed by atoms with Gasteiger partial charge < -0.3 is 10.3 Å². The Bertz CT molecular complexity index is 909. The molecule has 0 saturated heterocycles. The molecule has 102 valence electrons. The average Bonchev–Trinajstić information content (AvgIpc) is 3.02. The summed E-state index contributed by atoms with van der Waals surface area (Å²) >= 11 is 0. The van der Waals surface area contributed by atoms with Crippen molar-refractivity contribution in [2.24, 2.45) is 0 Å². The standard InChI is InChI=1S/C15H12N6/c1-3-10-5-2-6-16-12(10)11(4-1)7-17-14-13-15(19-8-18-13)21-9-20-14/h1-6,8-9H,7H2,(H2,17,18,19,20,21). The van der Waals surface area contributed by atoms with Crippen LogP contribution in [0.25, 0.3) is 22.1 Å². The minimum atomic E-state index is 0.638. The number of anilines is 1. The average molecular weight is 276 g/mol. The molecule has 0 radical (unpaired) electrons. The monoisotopic (exact) mass is 276 g/mol. The number of hydrogen-bond acceptors (Lipinski definition) is 5. The molecule has 21 heavy (non-hydrogen) atoms. The van der Waals surface area contributed by atoms with Crippen molar-refractivity contribution in [1.82, 2.24) is 24.9 Å². The summed E-state index contributed by atoms with van der Waals surface area (Å²) in [5.41, 5.74) is 3.59. The number of aromatic amines is 1. The van der Waals surface area contributed by atoms with Gasteiger partial charge in [0.25, 0.3) is 0 Å². The zero-order valence-electron chi connectivity index (χ0n) is 11.1. The van der Waals surface area contributed by atoms with E-state index in [1.165, 1.54) is 6.33 Å². The van der Waals surface area contributed by atoms with Gasteiger partial charge in [0.05, 0.1) is 11.8 Å². The maximum atomic E-state index is 4.45. The van der Waals surface area contributed by atoms with Crippen LogP contribution < -0.4 is 5.32 Å². The summed E-state index contributed by atoms with van der Waals surface area (Å²) in [7, 11) is 0. The molecule has 0 aliphatic rings. The number of H-pyrrole nitrogens is 1. The fourth-order valence-corrected chi connectivity index (χ4v) is 2.39. The molecule has 0 amide bonds. The van der Waals surface area contributed by atoms with Crippen LogP contribution in [0, 0.1) is 0 Å². The number of para-hydroxylation sites is 1. The first-order valence-corrected chi connectivity index (χ1v) is 6.62. The number of aromatic nitrogens is 5. The van der Waals surface area contributed by atoms with Crippen LogP contribution in [0.5, 0.6) is 0 Å². The lowest BCUT2D eigenvalue weighted by Crippen LogP contribution is -2.03. The third kappa shape index (κ3) is 2.06. The molecule has 1 aromatic carbocycles. The number of rotatable bonds is 3. The first kappa shape index (κ1) is 11.8. The molecular formula is C15H12N6. The molecule has 0 aliphatic heterocycles. The second kappa shape index (κ2) is 4.82. The van der Waals surface area contributed by atoms with Gasteiger partial charge in [0.1, 0.15) is 11.8 Å². The van der Waals surface area contributed by atoms with E-state index < -0.39 is 0 Å². The highest BCUT2D eigenvalue weighted by molar-refractivity contribution is 5.83. The lowest BCUT2D eigenvalue weighted by Gasteiger charge is -2.08. The Morgan fingerprint density at radius 2 is 1.95 bits per heavy atom. The van der Waals surface area contributed by atoms with Crippen LogP contribution in [0.15, 0.2) is 49.2 Å². The van der Waals surface area contributed by atoms with Crippen LogP contribution in [0.1, 0.15) is 5.56 Å². The molecule has 0 atom stereocenters. The highest BCUT2D eigenvalue weighted by Gasteiger charge is 2.06. The molecule has 0 aliphatic carbocycles. The second-order valence-corrected chi connectivity index (χ2v) is 4.67. The van der Waals surface area contributed by atoms with Crippen LogP contribution in [0.2, 0.25) is 0 Å². The number of fused-ring (bicyclic) bond motifs is 2. The normalized spacial score (nSPS) is 11.0. The third-order valence-electron chi connectivity index (χ3n) is 3.39. The van der Waals surface area contributed by atoms with E-state index in [1.54, 1.807) is 6.33 Å². The fraction of sp³-hybridized carbons (Fsp3) is 0.0667. The predicted molar refractivity (Wildman–Crippen MR) is 80.8 cm³/mol. The van der Waals surface area contributed by atoms with Gasteiger partial charge in [-0.15, -0.1) is 0 Å². The Hall–Kier alpha value is -3.02. The molecule has 4 rings (SSSR count). The van der Waals surface area contributed by atoms with Crippen LogP contribution >= 0.6 is 0 Å². The number of benzene rings is 1. The minimum absolute atomic E-state index is 0.638. The Morgan fingerprint density at radius 3 is 2.95 bits per heavy atom. The van der Waals surface area contributed by atoms with Gasteiger partial charge in [-0.05, 0) is 11.6 Å². The van der Waals surface area contributed by atoms with Crippen molar-refractivity contribution < 1.29 is 0 Å². The fourth-order valence-electron chi connectivity index (χ4n) is 2.39. The number of imidazole rings is 1. The van der Waals surface area contributed by atoms with E-state index in [4.69, 9.17) is 0 Å². The SMILES string of the molecule is c1cnc2c(CNc3ncnc4nc[nH]c34)cccc2c1. The van der Waals surface area contributed by atoms with E-state index in [1.807, 2.05) is 18.3 Å². The molecule has 4 aromatic rings. The molecule has 3 heterocycles. The minimum Gasteiger partial charge on any atom is -0.364 e. The summed E-state index contributed by atoms with van der Waals surface area (Å²) in [4.78, 5) is 20.0. The van der Waals surface area contributed by atoms with Gasteiger partial charge in [-0.2, -0.15) is 0 Å². The van der Waals surface area contributed by atoms with Gasteiger partial charge in [0, 0.05) is 18.1 Å². The Balaban J connectivity index is 1.68. The summed E-state index contributed by atoms with van der Waals surface area (Å²) in [6.45, 7) is 0.638. The number of hydrogen-bond donors (Lipinski definition) is 2. The van der Waals surface area contributed by atoms with E-state index >= 15 is 0 Å². The largest absolute Gasteiger partial charge is 0.364 e. The summed E-state index contributed by atoms with van der Waals surface area (Å²) in [6.07, 6.45) is 4.93. The molecule has 0 bridgehead atoms. The summed E-state index contributed by atoms with van der Waals surface area (Å²) in [6, 6.07) is 10.2. The van der Waals surface area contributed by atoms with Gasteiger partial charge in [-0.3, -0.25) is 4.98 Å². The first-order chi connectivity index (χ1) is 10.4. The predicted octanol–water partition coefficient (Wildman–Crippen LogP) is 2.51. The number of pyridine rings is 1. The molecule has 6 heteroatoms. The molecule has 0 fully saturated rings. The van der Waals surface area contributed by atoms with Crippen LogP contribution in [-0.4, -0.2) is 24.9 Å². The van der Waals surface area contributed by atoms with Crippen molar-refractivity contribution in [3.63, 3.8) is 0 Å². The molecule has 3 aromatic heterocycles. The van der Waals surface area contributed by atoms with Gasteiger partial charge in [0.15, 0.2) is 11.5 Å². The van der Waals surface area contributed by atoms with Gasteiger partial charge >= 0.3 is 0 Å². The van der Waals surface area contributed by atoms with Gasteiger partial charge in [-0.1, -0.05) is 24.3 Å². The Labute approximate surface area is 120 Å². The smallest absolute Gasteiger partial charge is 0.182 e. The number of nitrogens with zero attached hydrogens (tertiary/aromatic N) is 4. The maximum absolute atomic E-state index is 4.45. The molecule has 0 spiro atoms. The molecule has 0 unspecified atom stereocenters. The third-order valence-corrected chi connectivity index (χ3v) is 3.39. The van der Waals surface area contributed by atoms with Crippen molar-refractivity contribution in [1.29, 1.82) is 0 Å². The van der Waals surface area contributed by atoms with Crippen molar-refractivity contribution in [2.75, 3.05) is 5.32 Å². The number of nitrogens with one attached hydrogen (secondary N) is 2. The second-order valence-electron chi connectivity index (χ2n) is 4.67. The molecular weight excluding hydrogens is 264 g/mol. The highest BCUT2D eigenvalue weighted by atomic mass is 15.1. The Morgan fingerprint density at radius 1 is 1.00 bits per heavy atom. The van der Waals surface area contributed by atoms with Gasteiger partial charge in [-0.25, -0.2) is 15.0 Å². The lowest BCUT2D eigenvalue weighted by molar-refractivity contribution is 1.10. The van der Waals surface area contributed by atoms with Crippen molar-refractivity contribution >= 4 is 27.9 Å². The van der Waals surface area contributed by atoms with E-state index in [0.717, 1.165) is 27.8 Å². The molecule has 0 saturated carbocycles. The van der Waals surface area contributed by atoms with Crippen LogP contribution in [0.3, 0.4) is 0 Å². The zero-order valence-corrected chi connectivity index (χ0v) is 11.1. The lowest BCUT2D eigenvalue weighted by atomic mass is 10.1. The van der Waals surface area contributed by atoms with Crippen LogP contribution in [0.4, 0.5) is 5.82 Å². The topological polar surface area (TPSA) is 79.4 Å². The quantitative estimate of drug-likeness (QED) is 0.601.